The Labute approximate surface area is 119 Å². The molecular weight excluding hydrogens is 280 g/mol. The summed E-state index contributed by atoms with van der Waals surface area (Å²) < 4.78 is 21.9. The van der Waals surface area contributed by atoms with E-state index in [1.54, 1.807) is 6.92 Å². The second-order valence-corrected chi connectivity index (χ2v) is 7.29. The third kappa shape index (κ3) is 4.58. The molecule has 9 heteroatoms. The Kier molecular flexibility index (Phi) is 4.90. The number of hydrogen-bond acceptors (Lipinski definition) is 7. The molecule has 8 nitrogen and oxygen atoms in total. The van der Waals surface area contributed by atoms with Gasteiger partial charge in [-0.3, -0.25) is 0 Å². The number of nitrogens with two attached hydrogens (primary N) is 2. The van der Waals surface area contributed by atoms with Gasteiger partial charge in [0.2, 0.25) is 10.0 Å². The van der Waals surface area contributed by atoms with Gasteiger partial charge >= 0.3 is 0 Å². The number of primary sulfonamides is 1. The predicted octanol–water partition coefficient (Wildman–Crippen LogP) is 0.0685. The largest absolute Gasteiger partial charge is 0.369 e. The zero-order valence-corrected chi connectivity index (χ0v) is 13.0. The topological polar surface area (TPSA) is 136 Å². The average molecular weight is 302 g/mol. The van der Waals surface area contributed by atoms with E-state index in [0.29, 0.717) is 17.5 Å². The molecule has 1 rings (SSSR count). The number of anilines is 2. The van der Waals surface area contributed by atoms with Gasteiger partial charge in [0.05, 0.1) is 5.75 Å². The quantitative estimate of drug-likeness (QED) is 0.446. The molecule has 20 heavy (non-hydrogen) atoms. The molecule has 1 heterocycles. The van der Waals surface area contributed by atoms with Crippen LogP contribution in [0.1, 0.15) is 32.2 Å². The Morgan fingerprint density at radius 2 is 1.75 bits per heavy atom. The fourth-order valence-electron chi connectivity index (χ4n) is 1.48. The molecule has 0 radical (unpaired) electrons. The van der Waals surface area contributed by atoms with Gasteiger partial charge in [-0.15, -0.1) is 0 Å². The lowest BCUT2D eigenvalue weighted by molar-refractivity contribution is 0.546. The van der Waals surface area contributed by atoms with Crippen molar-refractivity contribution in [3.63, 3.8) is 0 Å². The van der Waals surface area contributed by atoms with Gasteiger partial charge in [-0.05, 0) is 6.92 Å². The van der Waals surface area contributed by atoms with Crippen molar-refractivity contribution in [2.75, 3.05) is 23.0 Å². The Hall–Kier alpha value is -1.45. The number of hydrazine groups is 1. The molecule has 0 aliphatic carbocycles. The van der Waals surface area contributed by atoms with Gasteiger partial charge in [-0.1, -0.05) is 20.8 Å². The SMILES string of the molecule is Cc1c(NN)nc(C(C)(C)C)nc1NCCS(N)(=O)=O. The maximum absolute atomic E-state index is 10.9. The molecule has 0 amide bonds. The summed E-state index contributed by atoms with van der Waals surface area (Å²) >= 11 is 0. The first-order valence-corrected chi connectivity index (χ1v) is 7.86. The summed E-state index contributed by atoms with van der Waals surface area (Å²) in [6, 6.07) is 0. The smallest absolute Gasteiger partial charge is 0.210 e. The van der Waals surface area contributed by atoms with E-state index in [1.807, 2.05) is 20.8 Å². The summed E-state index contributed by atoms with van der Waals surface area (Å²) in [6.45, 7) is 7.90. The zero-order valence-electron chi connectivity index (χ0n) is 12.2. The molecule has 0 aliphatic rings. The maximum Gasteiger partial charge on any atom is 0.210 e. The van der Waals surface area contributed by atoms with E-state index in [9.17, 15) is 8.42 Å². The second kappa shape index (κ2) is 5.90. The van der Waals surface area contributed by atoms with Crippen molar-refractivity contribution in [2.45, 2.75) is 33.1 Å². The minimum absolute atomic E-state index is 0.171. The molecule has 1 aromatic heterocycles. The monoisotopic (exact) mass is 302 g/mol. The van der Waals surface area contributed by atoms with E-state index < -0.39 is 10.0 Å². The first-order valence-electron chi connectivity index (χ1n) is 6.14. The number of rotatable bonds is 5. The van der Waals surface area contributed by atoms with Crippen LogP contribution in [-0.4, -0.2) is 30.7 Å². The molecule has 0 aliphatic heterocycles. The minimum atomic E-state index is -3.51. The lowest BCUT2D eigenvalue weighted by atomic mass is 9.95. The Bertz CT molecular complexity index is 579. The van der Waals surface area contributed by atoms with Crippen molar-refractivity contribution >= 4 is 21.7 Å². The summed E-state index contributed by atoms with van der Waals surface area (Å²) in [4.78, 5) is 8.77. The first-order chi connectivity index (χ1) is 9.04. The number of aromatic nitrogens is 2. The summed E-state index contributed by atoms with van der Waals surface area (Å²) in [5.41, 5.74) is 2.98. The number of nitrogen functional groups attached to an aromatic ring is 1. The van der Waals surface area contributed by atoms with Gasteiger partial charge in [0.15, 0.2) is 0 Å². The van der Waals surface area contributed by atoms with Crippen LogP contribution in [0.25, 0.3) is 0 Å². The van der Waals surface area contributed by atoms with Crippen LogP contribution in [0.2, 0.25) is 0 Å². The van der Waals surface area contributed by atoms with Crippen molar-refractivity contribution in [3.05, 3.63) is 11.4 Å². The number of nitrogens with one attached hydrogen (secondary N) is 2. The van der Waals surface area contributed by atoms with Gasteiger partial charge < -0.3 is 10.7 Å². The normalized spacial score (nSPS) is 12.3. The van der Waals surface area contributed by atoms with Crippen LogP contribution in [0, 0.1) is 6.92 Å². The number of hydrogen-bond donors (Lipinski definition) is 4. The molecular formula is C11H22N6O2S. The molecule has 114 valence electrons. The van der Waals surface area contributed by atoms with Gasteiger partial charge in [-0.2, -0.15) is 0 Å². The van der Waals surface area contributed by atoms with Crippen LogP contribution in [0.5, 0.6) is 0 Å². The first kappa shape index (κ1) is 16.6. The summed E-state index contributed by atoms with van der Waals surface area (Å²) in [5.74, 6) is 6.92. The van der Waals surface area contributed by atoms with Gasteiger partial charge in [0.25, 0.3) is 0 Å². The van der Waals surface area contributed by atoms with Crippen molar-refractivity contribution in [3.8, 4) is 0 Å². The molecule has 1 aromatic rings. The molecule has 0 aromatic carbocycles. The van der Waals surface area contributed by atoms with E-state index in [0.717, 1.165) is 5.56 Å². The molecule has 0 unspecified atom stereocenters. The summed E-state index contributed by atoms with van der Waals surface area (Å²) in [7, 11) is -3.51. The minimum Gasteiger partial charge on any atom is -0.369 e. The third-order valence-corrected chi connectivity index (χ3v) is 3.41. The van der Waals surface area contributed by atoms with Gasteiger partial charge in [0, 0.05) is 17.5 Å². The van der Waals surface area contributed by atoms with Crippen LogP contribution in [0.4, 0.5) is 11.6 Å². The highest BCUT2D eigenvalue weighted by Crippen LogP contribution is 2.25. The molecule has 0 saturated heterocycles. The number of nitrogens with zero attached hydrogens (tertiary/aromatic N) is 2. The van der Waals surface area contributed by atoms with E-state index in [2.05, 4.69) is 20.7 Å². The molecule has 0 bridgehead atoms. The van der Waals surface area contributed by atoms with E-state index in [-0.39, 0.29) is 17.7 Å². The van der Waals surface area contributed by atoms with E-state index >= 15 is 0 Å². The lowest BCUT2D eigenvalue weighted by Gasteiger charge is -2.20. The van der Waals surface area contributed by atoms with Crippen molar-refractivity contribution in [2.24, 2.45) is 11.0 Å². The molecule has 0 saturated carbocycles. The van der Waals surface area contributed by atoms with E-state index in [4.69, 9.17) is 11.0 Å². The zero-order chi connectivity index (χ0) is 15.6. The summed E-state index contributed by atoms with van der Waals surface area (Å²) in [6.07, 6.45) is 0. The Morgan fingerprint density at radius 3 is 2.20 bits per heavy atom. The highest BCUT2D eigenvalue weighted by Gasteiger charge is 2.21. The van der Waals surface area contributed by atoms with Crippen molar-refractivity contribution in [1.82, 2.24) is 9.97 Å². The molecule has 0 atom stereocenters. The predicted molar refractivity (Wildman–Crippen MR) is 79.7 cm³/mol. The Balaban J connectivity index is 3.05. The molecule has 6 N–H and O–H groups in total. The average Bonchev–Trinajstić information content (AvgIpc) is 2.28. The standard InChI is InChI=1S/C11H22N6O2S/c1-7-8(14-5-6-20(13,18)19)15-10(11(2,3)4)16-9(7)17-12/h5-6,12H2,1-4H3,(H2,13,18,19)(H2,14,15,16,17). The van der Waals surface area contributed by atoms with Crippen LogP contribution in [0.15, 0.2) is 0 Å². The highest BCUT2D eigenvalue weighted by atomic mass is 32.2. The Morgan fingerprint density at radius 1 is 1.20 bits per heavy atom. The van der Waals surface area contributed by atoms with Gasteiger partial charge in [0.1, 0.15) is 17.5 Å². The van der Waals surface area contributed by atoms with Crippen molar-refractivity contribution < 1.29 is 8.42 Å². The van der Waals surface area contributed by atoms with E-state index in [1.165, 1.54) is 0 Å². The third-order valence-electron chi connectivity index (χ3n) is 2.63. The van der Waals surface area contributed by atoms with Crippen LogP contribution >= 0.6 is 0 Å². The van der Waals surface area contributed by atoms with Crippen LogP contribution < -0.4 is 21.7 Å². The van der Waals surface area contributed by atoms with Gasteiger partial charge in [-0.25, -0.2) is 29.4 Å². The number of sulfonamides is 1. The van der Waals surface area contributed by atoms with Crippen LogP contribution in [-0.2, 0) is 15.4 Å². The second-order valence-electron chi connectivity index (χ2n) is 5.56. The lowest BCUT2D eigenvalue weighted by Crippen LogP contribution is -2.25. The molecule has 0 fully saturated rings. The molecule has 0 spiro atoms. The van der Waals surface area contributed by atoms with Crippen LogP contribution in [0.3, 0.4) is 0 Å². The maximum atomic E-state index is 10.9. The summed E-state index contributed by atoms with van der Waals surface area (Å²) in [5, 5.41) is 7.91. The fraction of sp³-hybridized carbons (Fsp3) is 0.636. The van der Waals surface area contributed by atoms with Crippen molar-refractivity contribution in [1.29, 1.82) is 0 Å². The fourth-order valence-corrected chi connectivity index (χ4v) is 1.86. The highest BCUT2D eigenvalue weighted by molar-refractivity contribution is 7.89.